The molecule has 1 fully saturated rings. The molecular weight excluding hydrogens is 476 g/mol. The molecule has 0 radical (unpaired) electrons. The Morgan fingerprint density at radius 1 is 1.19 bits per heavy atom. The van der Waals surface area contributed by atoms with E-state index in [9.17, 15) is 24.3 Å². The normalized spacial score (nSPS) is 18.5. The van der Waals surface area contributed by atoms with E-state index in [1.54, 1.807) is 0 Å². The summed E-state index contributed by atoms with van der Waals surface area (Å²) >= 11 is 0. The highest BCUT2D eigenvalue weighted by atomic mass is 16.4. The minimum atomic E-state index is -1.18. The largest absolute Gasteiger partial charge is 0.480 e. The zero-order valence-electron chi connectivity index (χ0n) is 21.2. The Labute approximate surface area is 216 Å². The van der Waals surface area contributed by atoms with Crippen LogP contribution in [0.2, 0.25) is 0 Å². The number of benzene rings is 1. The van der Waals surface area contributed by atoms with Crippen molar-refractivity contribution in [2.24, 2.45) is 11.7 Å². The van der Waals surface area contributed by atoms with Gasteiger partial charge in [-0.1, -0.05) is 50.6 Å². The number of aromatic amines is 1. The fourth-order valence-electron chi connectivity index (χ4n) is 4.47. The molecule has 0 spiro atoms. The Morgan fingerprint density at radius 2 is 1.92 bits per heavy atom. The zero-order chi connectivity index (χ0) is 26.9. The number of carbonyl (C=O) groups is 4. The number of carbonyl (C=O) groups excluding carboxylic acids is 3. The first kappa shape index (κ1) is 27.9. The molecular formula is C26H36N6O5. The van der Waals surface area contributed by atoms with Crippen molar-refractivity contribution in [2.75, 3.05) is 6.54 Å². The van der Waals surface area contributed by atoms with Crippen molar-refractivity contribution in [3.05, 3.63) is 54.1 Å². The number of likely N-dealkylation sites (tertiary alicyclic amines) is 1. The summed E-state index contributed by atoms with van der Waals surface area (Å²) in [6.07, 6.45) is 4.92. The highest BCUT2D eigenvalue weighted by Gasteiger charge is 2.40. The highest BCUT2D eigenvalue weighted by molar-refractivity contribution is 5.94. The van der Waals surface area contributed by atoms with E-state index in [0.29, 0.717) is 37.9 Å². The Bertz CT molecular complexity index is 1060. The number of H-pyrrole nitrogens is 1. The van der Waals surface area contributed by atoms with Crippen LogP contribution in [0.15, 0.2) is 42.9 Å². The van der Waals surface area contributed by atoms with Gasteiger partial charge in [0.2, 0.25) is 17.7 Å². The van der Waals surface area contributed by atoms with E-state index in [1.807, 2.05) is 44.2 Å². The second-order valence-electron chi connectivity index (χ2n) is 9.54. The first-order valence-electron chi connectivity index (χ1n) is 12.6. The number of imidazole rings is 1. The lowest BCUT2D eigenvalue weighted by molar-refractivity contribution is -0.145. The molecule has 2 heterocycles. The van der Waals surface area contributed by atoms with Crippen LogP contribution >= 0.6 is 0 Å². The molecule has 200 valence electrons. The molecule has 1 aliphatic heterocycles. The van der Waals surface area contributed by atoms with Gasteiger partial charge in [0, 0.05) is 24.9 Å². The molecule has 0 aliphatic carbocycles. The van der Waals surface area contributed by atoms with Gasteiger partial charge < -0.3 is 31.4 Å². The van der Waals surface area contributed by atoms with E-state index >= 15 is 0 Å². The van der Waals surface area contributed by atoms with Gasteiger partial charge in [0.1, 0.15) is 18.1 Å². The Hall–Kier alpha value is -3.73. The van der Waals surface area contributed by atoms with Gasteiger partial charge in [-0.3, -0.25) is 14.4 Å². The van der Waals surface area contributed by atoms with Gasteiger partial charge in [-0.05, 0) is 30.7 Å². The molecule has 5 atom stereocenters. The first-order valence-corrected chi connectivity index (χ1v) is 12.6. The maximum atomic E-state index is 13.6. The lowest BCUT2D eigenvalue weighted by Crippen LogP contribution is -2.58. The fraction of sp³-hybridized carbons (Fsp3) is 0.500. The summed E-state index contributed by atoms with van der Waals surface area (Å²) in [5.74, 6) is -2.72. The van der Waals surface area contributed by atoms with Crippen molar-refractivity contribution in [1.82, 2.24) is 25.5 Å². The maximum Gasteiger partial charge on any atom is 0.326 e. The minimum Gasteiger partial charge on any atom is -0.480 e. The molecule has 3 amide bonds. The van der Waals surface area contributed by atoms with Crippen molar-refractivity contribution in [1.29, 1.82) is 0 Å². The number of hydrogen-bond acceptors (Lipinski definition) is 6. The van der Waals surface area contributed by atoms with Gasteiger partial charge in [-0.2, -0.15) is 0 Å². The van der Waals surface area contributed by atoms with Crippen molar-refractivity contribution >= 4 is 23.7 Å². The van der Waals surface area contributed by atoms with E-state index < -0.39 is 42.0 Å². The van der Waals surface area contributed by atoms with Crippen LogP contribution in [0.5, 0.6) is 0 Å². The molecule has 6 N–H and O–H groups in total. The highest BCUT2D eigenvalue weighted by Crippen LogP contribution is 2.22. The second kappa shape index (κ2) is 13.0. The van der Waals surface area contributed by atoms with Gasteiger partial charge >= 0.3 is 5.97 Å². The number of nitrogens with two attached hydrogens (primary N) is 1. The predicted octanol–water partition coefficient (Wildman–Crippen LogP) is 0.614. The molecule has 11 nitrogen and oxygen atoms in total. The van der Waals surface area contributed by atoms with Crippen LogP contribution in [0.3, 0.4) is 0 Å². The minimum absolute atomic E-state index is 0.0343. The van der Waals surface area contributed by atoms with Gasteiger partial charge in [0.15, 0.2) is 0 Å². The Balaban J connectivity index is 1.68. The van der Waals surface area contributed by atoms with Crippen LogP contribution in [-0.2, 0) is 32.0 Å². The van der Waals surface area contributed by atoms with E-state index in [0.717, 1.165) is 5.56 Å². The molecule has 3 rings (SSSR count). The number of carboxylic acid groups (broad SMARTS) is 1. The van der Waals surface area contributed by atoms with Crippen LogP contribution in [0.1, 0.15) is 44.4 Å². The van der Waals surface area contributed by atoms with Crippen LogP contribution in [0, 0.1) is 5.92 Å². The topological polar surface area (TPSA) is 171 Å². The average molecular weight is 513 g/mol. The summed E-state index contributed by atoms with van der Waals surface area (Å²) < 4.78 is 0. The SMILES string of the molecule is CCC(C)C(NC(=O)C(N)Cc1ccccc1)C(=O)N1CCCC1C(=O)NC(Cc1cnc[nH]1)C(=O)O. The summed E-state index contributed by atoms with van der Waals surface area (Å²) in [4.78, 5) is 59.5. The van der Waals surface area contributed by atoms with Crippen molar-refractivity contribution in [2.45, 2.75) is 70.1 Å². The zero-order valence-corrected chi connectivity index (χ0v) is 21.2. The lowest BCUT2D eigenvalue weighted by Gasteiger charge is -2.32. The molecule has 2 aromatic rings. The Kier molecular flexibility index (Phi) is 9.78. The summed E-state index contributed by atoms with van der Waals surface area (Å²) in [7, 11) is 0. The van der Waals surface area contributed by atoms with E-state index in [2.05, 4.69) is 20.6 Å². The first-order chi connectivity index (χ1) is 17.7. The van der Waals surface area contributed by atoms with E-state index in [-0.39, 0.29) is 18.2 Å². The van der Waals surface area contributed by atoms with Gasteiger partial charge in [-0.15, -0.1) is 0 Å². The third-order valence-electron chi connectivity index (χ3n) is 6.84. The van der Waals surface area contributed by atoms with Gasteiger partial charge in [0.25, 0.3) is 0 Å². The molecule has 0 bridgehead atoms. The van der Waals surface area contributed by atoms with Crippen LogP contribution < -0.4 is 16.4 Å². The number of amides is 3. The average Bonchev–Trinajstić information content (AvgIpc) is 3.58. The monoisotopic (exact) mass is 512 g/mol. The quantitative estimate of drug-likeness (QED) is 0.277. The standard InChI is InChI=1S/C26H36N6O5/c1-3-16(2)22(31-23(33)19(27)12-17-8-5-4-6-9-17)25(35)32-11-7-10-21(32)24(34)30-20(26(36)37)13-18-14-28-15-29-18/h4-6,8-9,14-16,19-22H,3,7,10-13,27H2,1-2H3,(H,28,29)(H,30,34)(H,31,33)(H,36,37). The third-order valence-corrected chi connectivity index (χ3v) is 6.84. The summed E-state index contributed by atoms with van der Waals surface area (Å²) in [6, 6.07) is 5.70. The molecule has 1 aromatic heterocycles. The van der Waals surface area contributed by atoms with Gasteiger partial charge in [-0.25, -0.2) is 9.78 Å². The van der Waals surface area contributed by atoms with Crippen LogP contribution in [0.4, 0.5) is 0 Å². The number of nitrogens with zero attached hydrogens (tertiary/aromatic N) is 2. The maximum absolute atomic E-state index is 13.6. The predicted molar refractivity (Wildman–Crippen MR) is 136 cm³/mol. The number of nitrogens with one attached hydrogen (secondary N) is 3. The van der Waals surface area contributed by atoms with Crippen molar-refractivity contribution in [3.8, 4) is 0 Å². The number of aromatic nitrogens is 2. The molecule has 37 heavy (non-hydrogen) atoms. The van der Waals surface area contributed by atoms with E-state index in [4.69, 9.17) is 5.73 Å². The molecule has 1 saturated heterocycles. The smallest absolute Gasteiger partial charge is 0.326 e. The Morgan fingerprint density at radius 3 is 2.54 bits per heavy atom. The van der Waals surface area contributed by atoms with Crippen molar-refractivity contribution < 1.29 is 24.3 Å². The number of hydrogen-bond donors (Lipinski definition) is 5. The van der Waals surface area contributed by atoms with Crippen LogP contribution in [0.25, 0.3) is 0 Å². The van der Waals surface area contributed by atoms with Crippen molar-refractivity contribution in [3.63, 3.8) is 0 Å². The second-order valence-corrected chi connectivity index (χ2v) is 9.54. The fourth-order valence-corrected chi connectivity index (χ4v) is 4.47. The van der Waals surface area contributed by atoms with Gasteiger partial charge in [0.05, 0.1) is 12.4 Å². The molecule has 5 unspecified atom stereocenters. The summed E-state index contributed by atoms with van der Waals surface area (Å²) in [5.41, 5.74) is 7.62. The number of rotatable bonds is 12. The molecule has 1 aromatic carbocycles. The molecule has 0 saturated carbocycles. The number of carboxylic acids is 1. The lowest BCUT2D eigenvalue weighted by atomic mass is 9.96. The van der Waals surface area contributed by atoms with Crippen LogP contribution in [-0.4, -0.2) is 74.4 Å². The summed E-state index contributed by atoms with van der Waals surface area (Å²) in [6.45, 7) is 4.12. The molecule has 11 heteroatoms. The third kappa shape index (κ3) is 7.39. The van der Waals surface area contributed by atoms with E-state index in [1.165, 1.54) is 17.4 Å². The molecule has 1 aliphatic rings. The number of aliphatic carboxylic acids is 1. The summed E-state index contributed by atoms with van der Waals surface area (Å²) in [5, 5.41) is 15.0.